The van der Waals surface area contributed by atoms with E-state index in [0.717, 1.165) is 0 Å². The number of nitrogens with one attached hydrogen (secondary N) is 1. The summed E-state index contributed by atoms with van der Waals surface area (Å²) in [6.45, 7) is -1.60. The van der Waals surface area contributed by atoms with Gasteiger partial charge in [0.15, 0.2) is 0 Å². The van der Waals surface area contributed by atoms with Gasteiger partial charge in [-0.1, -0.05) is 15.9 Å². The van der Waals surface area contributed by atoms with Crippen molar-refractivity contribution in [2.24, 2.45) is 0 Å². The van der Waals surface area contributed by atoms with Crippen molar-refractivity contribution in [2.75, 3.05) is 6.54 Å². The molecule has 0 heterocycles. The van der Waals surface area contributed by atoms with Crippen molar-refractivity contribution >= 4 is 41.9 Å². The summed E-state index contributed by atoms with van der Waals surface area (Å²) in [6, 6.07) is 4.06. The summed E-state index contributed by atoms with van der Waals surface area (Å²) in [7, 11) is -4.18. The fraction of sp³-hybridized carbons (Fsp3) is 0.250. The Bertz CT molecular complexity index is 516. The van der Waals surface area contributed by atoms with Crippen molar-refractivity contribution in [3.63, 3.8) is 0 Å². The molecule has 0 spiro atoms. The molecule has 9 heteroatoms. The normalized spacial score (nSPS) is 12.8. The van der Waals surface area contributed by atoms with Crippen LogP contribution < -0.4 is 4.72 Å². The fourth-order valence-electron chi connectivity index (χ4n) is 0.948. The third-order valence-corrected chi connectivity index (χ3v) is 4.52. The topological polar surface area (TPSA) is 46.2 Å². The van der Waals surface area contributed by atoms with Gasteiger partial charge in [-0.25, -0.2) is 13.1 Å². The highest BCUT2D eigenvalue weighted by atomic mass is 79.9. The van der Waals surface area contributed by atoms with E-state index in [4.69, 9.17) is 0 Å². The predicted molar refractivity (Wildman–Crippen MR) is 63.1 cm³/mol. The van der Waals surface area contributed by atoms with E-state index in [-0.39, 0.29) is 9.37 Å². The lowest BCUT2D eigenvalue weighted by molar-refractivity contribution is -0.121. The molecular formula is C8H6Br2F3NO2S. The lowest BCUT2D eigenvalue weighted by Crippen LogP contribution is -2.33. The second-order valence-electron chi connectivity index (χ2n) is 3.01. The summed E-state index contributed by atoms with van der Waals surface area (Å²) in [5, 5.41) is 0. The minimum atomic E-state index is -4.59. The number of hydrogen-bond acceptors (Lipinski definition) is 2. The summed E-state index contributed by atoms with van der Waals surface area (Å²) in [6.07, 6.45) is -4.59. The quantitative estimate of drug-likeness (QED) is 0.853. The van der Waals surface area contributed by atoms with Crippen LogP contribution in [0.1, 0.15) is 0 Å². The molecule has 1 aromatic rings. The van der Waals surface area contributed by atoms with Gasteiger partial charge in [-0.15, -0.1) is 0 Å². The van der Waals surface area contributed by atoms with Crippen LogP contribution in [0.4, 0.5) is 13.2 Å². The van der Waals surface area contributed by atoms with Crippen molar-refractivity contribution in [1.82, 2.24) is 4.72 Å². The van der Waals surface area contributed by atoms with Crippen LogP contribution in [0.3, 0.4) is 0 Å². The van der Waals surface area contributed by atoms with Gasteiger partial charge >= 0.3 is 6.18 Å². The first-order valence-electron chi connectivity index (χ1n) is 4.13. The Morgan fingerprint density at radius 3 is 2.29 bits per heavy atom. The van der Waals surface area contributed by atoms with E-state index in [9.17, 15) is 21.6 Å². The van der Waals surface area contributed by atoms with E-state index < -0.39 is 22.7 Å². The Morgan fingerprint density at radius 1 is 1.24 bits per heavy atom. The maximum atomic E-state index is 11.9. The molecule has 0 aliphatic rings. The second kappa shape index (κ2) is 5.25. The van der Waals surface area contributed by atoms with Gasteiger partial charge in [-0.2, -0.15) is 13.2 Å². The molecule has 1 N–H and O–H groups in total. The summed E-state index contributed by atoms with van der Waals surface area (Å²) in [5.74, 6) is 0. The van der Waals surface area contributed by atoms with Crippen LogP contribution in [-0.4, -0.2) is 21.1 Å². The Labute approximate surface area is 113 Å². The van der Waals surface area contributed by atoms with Gasteiger partial charge in [0.05, 0.1) is 4.90 Å². The predicted octanol–water partition coefficient (Wildman–Crippen LogP) is 3.05. The zero-order chi connectivity index (χ0) is 13.3. The molecule has 96 valence electrons. The summed E-state index contributed by atoms with van der Waals surface area (Å²) in [5.41, 5.74) is 0. The van der Waals surface area contributed by atoms with Gasteiger partial charge in [-0.05, 0) is 34.1 Å². The molecule has 3 nitrogen and oxygen atoms in total. The van der Waals surface area contributed by atoms with Crippen molar-refractivity contribution < 1.29 is 21.6 Å². The largest absolute Gasteiger partial charge is 0.402 e. The Balaban J connectivity index is 2.98. The molecule has 0 unspecified atom stereocenters. The molecule has 0 aliphatic carbocycles. The summed E-state index contributed by atoms with van der Waals surface area (Å²) < 4.78 is 61.1. The van der Waals surface area contributed by atoms with Gasteiger partial charge in [0.1, 0.15) is 6.54 Å². The molecule has 0 radical (unpaired) electrons. The molecule has 1 aromatic carbocycles. The molecular weight excluding hydrogens is 391 g/mol. The van der Waals surface area contributed by atoms with E-state index in [1.807, 2.05) is 0 Å². The van der Waals surface area contributed by atoms with Crippen LogP contribution in [0.5, 0.6) is 0 Å². The highest BCUT2D eigenvalue weighted by Gasteiger charge is 2.30. The van der Waals surface area contributed by atoms with Crippen molar-refractivity contribution in [3.05, 3.63) is 27.1 Å². The molecule has 0 saturated carbocycles. The van der Waals surface area contributed by atoms with Gasteiger partial charge in [0.2, 0.25) is 10.0 Å². The minimum Gasteiger partial charge on any atom is -0.207 e. The number of hydrogen-bond donors (Lipinski definition) is 1. The lowest BCUT2D eigenvalue weighted by atomic mass is 10.4. The Hall–Kier alpha value is -0.120. The molecule has 0 aromatic heterocycles. The van der Waals surface area contributed by atoms with Gasteiger partial charge in [-0.3, -0.25) is 0 Å². The molecule has 0 saturated heterocycles. The smallest absolute Gasteiger partial charge is 0.207 e. The first-order valence-corrected chi connectivity index (χ1v) is 7.20. The molecule has 0 bridgehead atoms. The Morgan fingerprint density at radius 2 is 1.82 bits per heavy atom. The fourth-order valence-corrected chi connectivity index (χ4v) is 3.71. The van der Waals surface area contributed by atoms with Crippen LogP contribution in [0.15, 0.2) is 32.0 Å². The third-order valence-electron chi connectivity index (χ3n) is 1.65. The minimum absolute atomic E-state index is 0.182. The second-order valence-corrected chi connectivity index (χ2v) is 6.52. The van der Waals surface area contributed by atoms with Crippen molar-refractivity contribution in [3.8, 4) is 0 Å². The molecule has 0 amide bonds. The zero-order valence-corrected chi connectivity index (χ0v) is 12.0. The SMILES string of the molecule is O=S(=O)(NCC(F)(F)F)c1ccc(Br)cc1Br. The molecule has 0 fully saturated rings. The maximum absolute atomic E-state index is 11.9. The van der Waals surface area contributed by atoms with E-state index in [1.165, 1.54) is 22.9 Å². The molecule has 17 heavy (non-hydrogen) atoms. The number of alkyl halides is 3. The number of sulfonamides is 1. The van der Waals surface area contributed by atoms with Gasteiger partial charge in [0.25, 0.3) is 0 Å². The monoisotopic (exact) mass is 395 g/mol. The van der Waals surface area contributed by atoms with Crippen molar-refractivity contribution in [1.29, 1.82) is 0 Å². The summed E-state index contributed by atoms with van der Waals surface area (Å²) >= 11 is 6.08. The number of halogens is 5. The van der Waals surface area contributed by atoms with Crippen LogP contribution in [0.2, 0.25) is 0 Å². The van der Waals surface area contributed by atoms with E-state index in [1.54, 1.807) is 0 Å². The van der Waals surface area contributed by atoms with E-state index >= 15 is 0 Å². The zero-order valence-electron chi connectivity index (χ0n) is 8.05. The first-order chi connectivity index (χ1) is 7.62. The van der Waals surface area contributed by atoms with Gasteiger partial charge in [0, 0.05) is 8.95 Å². The molecule has 0 aliphatic heterocycles. The van der Waals surface area contributed by atoms with E-state index in [2.05, 4.69) is 31.9 Å². The average molecular weight is 397 g/mol. The molecule has 1 rings (SSSR count). The standard InChI is InChI=1S/C8H6Br2F3NO2S/c9-5-1-2-7(6(10)3-5)17(15,16)14-4-8(11,12)13/h1-3,14H,4H2. The Kier molecular flexibility index (Phi) is 4.61. The highest BCUT2D eigenvalue weighted by molar-refractivity contribution is 9.11. The summed E-state index contributed by atoms with van der Waals surface area (Å²) in [4.78, 5) is -0.245. The van der Waals surface area contributed by atoms with Crippen molar-refractivity contribution in [2.45, 2.75) is 11.1 Å². The third kappa shape index (κ3) is 4.57. The van der Waals surface area contributed by atoms with Crippen LogP contribution in [-0.2, 0) is 10.0 Å². The lowest BCUT2D eigenvalue weighted by Gasteiger charge is -2.10. The van der Waals surface area contributed by atoms with E-state index in [0.29, 0.717) is 4.47 Å². The molecule has 0 atom stereocenters. The first kappa shape index (κ1) is 14.9. The average Bonchev–Trinajstić information content (AvgIpc) is 2.13. The highest BCUT2D eigenvalue weighted by Crippen LogP contribution is 2.26. The van der Waals surface area contributed by atoms with Gasteiger partial charge < -0.3 is 0 Å². The number of benzene rings is 1. The van der Waals surface area contributed by atoms with Crippen LogP contribution in [0, 0.1) is 0 Å². The number of rotatable bonds is 3. The van der Waals surface area contributed by atoms with Crippen LogP contribution in [0.25, 0.3) is 0 Å². The van der Waals surface area contributed by atoms with Crippen LogP contribution >= 0.6 is 31.9 Å². The maximum Gasteiger partial charge on any atom is 0.402 e.